The molecule has 3 atom stereocenters. The highest BCUT2D eigenvalue weighted by atomic mass is 16.2. The minimum absolute atomic E-state index is 0.0593. The minimum Gasteiger partial charge on any atom is -0.339 e. The molecule has 0 aliphatic carbocycles. The number of benzene rings is 1. The van der Waals surface area contributed by atoms with Crippen molar-refractivity contribution in [3.8, 4) is 0 Å². The van der Waals surface area contributed by atoms with Crippen LogP contribution in [0.15, 0.2) is 24.3 Å². The summed E-state index contributed by atoms with van der Waals surface area (Å²) < 4.78 is 0. The SMILES string of the molecule is Cc1ccccc1C1C(C=O)CCN2C(=O)C(CC=O)(CC=O)CC12. The van der Waals surface area contributed by atoms with Crippen molar-refractivity contribution in [3.63, 3.8) is 0 Å². The van der Waals surface area contributed by atoms with Gasteiger partial charge in [-0.25, -0.2) is 0 Å². The molecule has 25 heavy (non-hydrogen) atoms. The molecule has 2 fully saturated rings. The summed E-state index contributed by atoms with van der Waals surface area (Å²) in [6.45, 7) is 2.52. The Morgan fingerprint density at radius 2 is 1.84 bits per heavy atom. The fourth-order valence-electron chi connectivity index (χ4n) is 4.69. The van der Waals surface area contributed by atoms with Crippen LogP contribution in [0.25, 0.3) is 0 Å². The van der Waals surface area contributed by atoms with Crippen molar-refractivity contribution in [3.05, 3.63) is 35.4 Å². The van der Waals surface area contributed by atoms with Gasteiger partial charge in [-0.05, 0) is 30.9 Å². The zero-order valence-corrected chi connectivity index (χ0v) is 14.4. The zero-order chi connectivity index (χ0) is 18.0. The fraction of sp³-hybridized carbons (Fsp3) is 0.500. The van der Waals surface area contributed by atoms with E-state index >= 15 is 0 Å². The monoisotopic (exact) mass is 341 g/mol. The molecule has 3 rings (SSSR count). The van der Waals surface area contributed by atoms with Crippen LogP contribution in [0.5, 0.6) is 0 Å². The van der Waals surface area contributed by atoms with E-state index in [2.05, 4.69) is 0 Å². The summed E-state index contributed by atoms with van der Waals surface area (Å²) in [7, 11) is 0. The van der Waals surface area contributed by atoms with Crippen molar-refractivity contribution in [2.45, 2.75) is 44.6 Å². The van der Waals surface area contributed by atoms with Crippen LogP contribution in [0.4, 0.5) is 0 Å². The number of aryl methyl sites for hydroxylation is 1. The van der Waals surface area contributed by atoms with Crippen molar-refractivity contribution >= 4 is 24.8 Å². The Hall–Kier alpha value is -2.30. The van der Waals surface area contributed by atoms with Gasteiger partial charge in [-0.1, -0.05) is 24.3 Å². The lowest BCUT2D eigenvalue weighted by molar-refractivity contribution is -0.141. The van der Waals surface area contributed by atoms with Crippen molar-refractivity contribution < 1.29 is 19.2 Å². The van der Waals surface area contributed by atoms with Crippen molar-refractivity contribution in [2.24, 2.45) is 11.3 Å². The number of hydrogen-bond acceptors (Lipinski definition) is 4. The van der Waals surface area contributed by atoms with E-state index in [1.165, 1.54) is 0 Å². The van der Waals surface area contributed by atoms with Gasteiger partial charge in [0.25, 0.3) is 0 Å². The second kappa shape index (κ2) is 6.90. The molecule has 0 aromatic heterocycles. The average molecular weight is 341 g/mol. The molecule has 0 spiro atoms. The molecule has 0 N–H and O–H groups in total. The van der Waals surface area contributed by atoms with Crippen LogP contribution in [-0.2, 0) is 19.2 Å². The minimum atomic E-state index is -0.938. The van der Waals surface area contributed by atoms with E-state index < -0.39 is 5.41 Å². The first-order chi connectivity index (χ1) is 12.1. The van der Waals surface area contributed by atoms with Gasteiger partial charge in [0.2, 0.25) is 5.91 Å². The molecule has 0 bridgehead atoms. The molecule has 2 aliphatic rings. The number of carbonyl (C=O) groups excluding carboxylic acids is 4. The zero-order valence-electron chi connectivity index (χ0n) is 14.4. The first kappa shape index (κ1) is 17.5. The lowest BCUT2D eigenvalue weighted by Crippen LogP contribution is -2.47. The standard InChI is InChI=1S/C20H23NO4/c1-14-4-2-3-5-16(14)18-15(13-24)6-9-21-17(18)12-20(7-10-22,8-11-23)19(21)25/h2-5,10-11,13,15,17-18H,6-9,12H2,1H3. The lowest BCUT2D eigenvalue weighted by atomic mass is 9.71. The van der Waals surface area contributed by atoms with E-state index in [1.807, 2.05) is 36.1 Å². The van der Waals surface area contributed by atoms with Gasteiger partial charge in [0.05, 0.1) is 5.41 Å². The number of piperidine rings is 1. The van der Waals surface area contributed by atoms with Gasteiger partial charge >= 0.3 is 0 Å². The van der Waals surface area contributed by atoms with Gasteiger partial charge < -0.3 is 19.3 Å². The fourth-order valence-corrected chi connectivity index (χ4v) is 4.69. The third-order valence-electron chi connectivity index (χ3n) is 5.96. The molecule has 2 aliphatic heterocycles. The summed E-state index contributed by atoms with van der Waals surface area (Å²) in [5.41, 5.74) is 1.24. The normalized spacial score (nSPS) is 27.6. The molecule has 2 heterocycles. The molecular formula is C20H23NO4. The Morgan fingerprint density at radius 3 is 2.44 bits per heavy atom. The largest absolute Gasteiger partial charge is 0.339 e. The quantitative estimate of drug-likeness (QED) is 0.743. The van der Waals surface area contributed by atoms with Crippen molar-refractivity contribution in [1.82, 2.24) is 4.90 Å². The van der Waals surface area contributed by atoms with Crippen LogP contribution < -0.4 is 0 Å². The maximum atomic E-state index is 13.0. The second-order valence-electron chi connectivity index (χ2n) is 7.26. The van der Waals surface area contributed by atoms with Gasteiger partial charge in [-0.2, -0.15) is 0 Å². The van der Waals surface area contributed by atoms with E-state index in [-0.39, 0.29) is 36.6 Å². The van der Waals surface area contributed by atoms with Gasteiger partial charge in [0.1, 0.15) is 18.9 Å². The van der Waals surface area contributed by atoms with Crippen LogP contribution in [0.1, 0.15) is 42.7 Å². The Labute approximate surface area is 147 Å². The van der Waals surface area contributed by atoms with Gasteiger partial charge in [0.15, 0.2) is 0 Å². The number of carbonyl (C=O) groups is 4. The van der Waals surface area contributed by atoms with Crippen LogP contribution in [0.3, 0.4) is 0 Å². The molecule has 0 saturated carbocycles. The maximum Gasteiger partial charge on any atom is 0.230 e. The van der Waals surface area contributed by atoms with Crippen LogP contribution >= 0.6 is 0 Å². The summed E-state index contributed by atoms with van der Waals surface area (Å²) in [6.07, 6.45) is 3.65. The Balaban J connectivity index is 2.04. The molecule has 132 valence electrons. The predicted octanol–water partition coefficient (Wildman–Crippen LogP) is 2.06. The molecule has 3 unspecified atom stereocenters. The van der Waals surface area contributed by atoms with Gasteiger partial charge in [-0.3, -0.25) is 4.79 Å². The Kier molecular flexibility index (Phi) is 4.84. The first-order valence-electron chi connectivity index (χ1n) is 8.77. The van der Waals surface area contributed by atoms with E-state index in [9.17, 15) is 19.2 Å². The molecule has 5 nitrogen and oxygen atoms in total. The van der Waals surface area contributed by atoms with Crippen LogP contribution in [-0.4, -0.2) is 42.3 Å². The summed E-state index contributed by atoms with van der Waals surface area (Å²) in [4.78, 5) is 48.9. The highest BCUT2D eigenvalue weighted by molar-refractivity contribution is 5.90. The number of amides is 1. The molecule has 1 aromatic rings. The Bertz CT molecular complexity index is 689. The molecule has 2 saturated heterocycles. The molecule has 0 radical (unpaired) electrons. The van der Waals surface area contributed by atoms with Crippen LogP contribution in [0.2, 0.25) is 0 Å². The summed E-state index contributed by atoms with van der Waals surface area (Å²) >= 11 is 0. The summed E-state index contributed by atoms with van der Waals surface area (Å²) in [5, 5.41) is 0. The molecule has 1 aromatic carbocycles. The average Bonchev–Trinajstić information content (AvgIpc) is 2.88. The second-order valence-corrected chi connectivity index (χ2v) is 7.26. The van der Waals surface area contributed by atoms with Crippen LogP contribution in [0, 0.1) is 18.3 Å². The number of hydrogen-bond donors (Lipinski definition) is 0. The predicted molar refractivity (Wildman–Crippen MR) is 92.0 cm³/mol. The third kappa shape index (κ3) is 2.81. The summed E-state index contributed by atoms with van der Waals surface area (Å²) in [6, 6.07) is 7.79. The number of nitrogens with zero attached hydrogens (tertiary/aromatic N) is 1. The molecule has 5 heteroatoms. The smallest absolute Gasteiger partial charge is 0.230 e. The highest BCUT2D eigenvalue weighted by Gasteiger charge is 2.56. The lowest BCUT2D eigenvalue weighted by Gasteiger charge is -2.41. The molecule has 1 amide bonds. The van der Waals surface area contributed by atoms with Gasteiger partial charge in [-0.15, -0.1) is 0 Å². The van der Waals surface area contributed by atoms with E-state index in [4.69, 9.17) is 0 Å². The van der Waals surface area contributed by atoms with Gasteiger partial charge in [0, 0.05) is 37.3 Å². The number of aldehydes is 3. The molecular weight excluding hydrogens is 318 g/mol. The van der Waals surface area contributed by atoms with E-state index in [0.717, 1.165) is 30.0 Å². The first-order valence-corrected chi connectivity index (χ1v) is 8.77. The van der Waals surface area contributed by atoms with E-state index in [0.29, 0.717) is 19.4 Å². The Morgan fingerprint density at radius 1 is 1.16 bits per heavy atom. The number of fused-ring (bicyclic) bond motifs is 1. The topological polar surface area (TPSA) is 71.5 Å². The third-order valence-corrected chi connectivity index (χ3v) is 5.96. The van der Waals surface area contributed by atoms with Crippen molar-refractivity contribution in [2.75, 3.05) is 6.54 Å². The maximum absolute atomic E-state index is 13.0. The van der Waals surface area contributed by atoms with Crippen molar-refractivity contribution in [1.29, 1.82) is 0 Å². The summed E-state index contributed by atoms with van der Waals surface area (Å²) in [5.74, 6) is -0.352. The number of rotatable bonds is 6. The van der Waals surface area contributed by atoms with E-state index in [1.54, 1.807) is 0 Å². The highest BCUT2D eigenvalue weighted by Crippen LogP contribution is 2.50.